The fraction of sp³-hybridized carbons (Fsp3) is 0.980. The summed E-state index contributed by atoms with van der Waals surface area (Å²) in [6.07, 6.45) is 22.5. The van der Waals surface area contributed by atoms with Crippen molar-refractivity contribution in [2.24, 2.45) is 0 Å². The van der Waals surface area contributed by atoms with Crippen LogP contribution in [0.4, 0.5) is 0 Å². The summed E-state index contributed by atoms with van der Waals surface area (Å²) >= 11 is 0. The molecule has 0 radical (unpaired) electrons. The number of nitrogens with one attached hydrogen (secondary N) is 1. The zero-order valence-corrected chi connectivity index (χ0v) is 41.0. The number of carbonyl (C=O) groups excluding carboxylic acids is 1. The minimum Gasteiger partial charge on any atom is -0.394 e. The molecule has 12 unspecified atom stereocenters. The van der Waals surface area contributed by atoms with E-state index in [-0.39, 0.29) is 12.5 Å². The number of ether oxygens (including phenoxy) is 4. The third-order valence-corrected chi connectivity index (χ3v) is 13.6. The van der Waals surface area contributed by atoms with E-state index in [4.69, 9.17) is 18.9 Å². The predicted octanol–water partition coefficient (Wildman–Crippen LogP) is 7.39. The maximum atomic E-state index is 13.2. The van der Waals surface area contributed by atoms with Crippen LogP contribution in [0.15, 0.2) is 0 Å². The lowest BCUT2D eigenvalue weighted by Gasteiger charge is -2.46. The van der Waals surface area contributed by atoms with Crippen LogP contribution in [0.5, 0.6) is 0 Å². The molecule has 2 aliphatic rings. The zero-order chi connectivity index (χ0) is 47.5. The van der Waals surface area contributed by atoms with E-state index < -0.39 is 86.8 Å². The molecule has 2 aliphatic heterocycles. The van der Waals surface area contributed by atoms with Crippen molar-refractivity contribution in [3.05, 3.63) is 0 Å². The zero-order valence-electron chi connectivity index (χ0n) is 41.0. The molecule has 12 atom stereocenters. The van der Waals surface area contributed by atoms with Crippen LogP contribution in [0.2, 0.25) is 0 Å². The van der Waals surface area contributed by atoms with Gasteiger partial charge in [-0.05, 0) is 12.8 Å². The molecule has 0 aromatic rings. The summed E-state index contributed by atoms with van der Waals surface area (Å²) < 4.78 is 22.7. The Morgan fingerprint density at radius 2 is 0.877 bits per heavy atom. The smallest absolute Gasteiger partial charge is 0.220 e. The van der Waals surface area contributed by atoms with Crippen molar-refractivity contribution in [2.75, 3.05) is 19.8 Å². The normalized spacial score (nSPS) is 26.9. The quantitative estimate of drug-likeness (QED) is 0.0273. The highest BCUT2D eigenvalue weighted by atomic mass is 16.7. The lowest BCUT2D eigenvalue weighted by Crippen LogP contribution is -2.65. The maximum absolute atomic E-state index is 13.2. The Balaban J connectivity index is 1.76. The Bertz CT molecular complexity index is 1100. The molecule has 2 fully saturated rings. The summed E-state index contributed by atoms with van der Waals surface area (Å²) in [5.74, 6) is -0.203. The predicted molar refractivity (Wildman–Crippen MR) is 254 cm³/mol. The van der Waals surface area contributed by atoms with Crippen LogP contribution < -0.4 is 5.32 Å². The Hall–Kier alpha value is -1.01. The second-order valence-corrected chi connectivity index (χ2v) is 19.4. The summed E-state index contributed by atoms with van der Waals surface area (Å²) in [7, 11) is 0. The Labute approximate surface area is 393 Å². The number of hydrogen-bond donors (Lipinski definition) is 9. The van der Waals surface area contributed by atoms with Crippen molar-refractivity contribution in [2.45, 2.75) is 299 Å². The number of aliphatic hydroxyl groups excluding tert-OH is 8. The first-order valence-electron chi connectivity index (χ1n) is 26.8. The molecule has 9 N–H and O–H groups in total. The molecule has 0 aromatic heterocycles. The van der Waals surface area contributed by atoms with Crippen molar-refractivity contribution in [3.63, 3.8) is 0 Å². The fourth-order valence-electron chi connectivity index (χ4n) is 9.18. The number of rotatable bonds is 42. The molecule has 14 heteroatoms. The first kappa shape index (κ1) is 60.1. The van der Waals surface area contributed by atoms with Gasteiger partial charge in [-0.3, -0.25) is 4.79 Å². The van der Waals surface area contributed by atoms with Crippen LogP contribution in [0, 0.1) is 0 Å². The summed E-state index contributed by atoms with van der Waals surface area (Å²) in [5, 5.41) is 86.9. The van der Waals surface area contributed by atoms with E-state index >= 15 is 0 Å². The molecule has 65 heavy (non-hydrogen) atoms. The van der Waals surface area contributed by atoms with E-state index in [1.807, 2.05) is 0 Å². The van der Waals surface area contributed by atoms with Gasteiger partial charge in [0.25, 0.3) is 0 Å². The Kier molecular flexibility index (Phi) is 35.9. The van der Waals surface area contributed by atoms with Gasteiger partial charge in [0, 0.05) is 6.42 Å². The first-order valence-corrected chi connectivity index (χ1v) is 26.8. The van der Waals surface area contributed by atoms with Gasteiger partial charge in [-0.1, -0.05) is 206 Å². The van der Waals surface area contributed by atoms with Gasteiger partial charge in [-0.25, -0.2) is 0 Å². The van der Waals surface area contributed by atoms with Gasteiger partial charge >= 0.3 is 0 Å². The second kappa shape index (κ2) is 38.8. The minimum absolute atomic E-state index is 0.203. The van der Waals surface area contributed by atoms with Gasteiger partial charge in [0.2, 0.25) is 5.91 Å². The average Bonchev–Trinajstić information content (AvgIpc) is 3.30. The summed E-state index contributed by atoms with van der Waals surface area (Å²) in [6, 6.07) is -0.820. The molecule has 14 nitrogen and oxygen atoms in total. The largest absolute Gasteiger partial charge is 0.394 e. The van der Waals surface area contributed by atoms with E-state index in [2.05, 4.69) is 19.2 Å². The van der Waals surface area contributed by atoms with Gasteiger partial charge in [-0.2, -0.15) is 0 Å². The van der Waals surface area contributed by atoms with Crippen LogP contribution in [0.1, 0.15) is 226 Å². The highest BCUT2D eigenvalue weighted by Crippen LogP contribution is 2.30. The van der Waals surface area contributed by atoms with Crippen molar-refractivity contribution in [3.8, 4) is 0 Å². The molecule has 0 saturated carbocycles. The number of carbonyl (C=O) groups is 1. The van der Waals surface area contributed by atoms with Gasteiger partial charge in [0.15, 0.2) is 12.6 Å². The van der Waals surface area contributed by atoms with Crippen molar-refractivity contribution in [1.82, 2.24) is 5.32 Å². The number of aliphatic hydroxyl groups is 8. The third kappa shape index (κ3) is 26.0. The summed E-state index contributed by atoms with van der Waals surface area (Å²) in [4.78, 5) is 13.2. The molecule has 2 saturated heterocycles. The molecule has 2 heterocycles. The molecule has 1 amide bonds. The van der Waals surface area contributed by atoms with Crippen molar-refractivity contribution >= 4 is 5.91 Å². The molecule has 0 spiro atoms. The molecule has 0 aromatic carbocycles. The summed E-state index contributed by atoms with van der Waals surface area (Å²) in [5.41, 5.74) is 0. The van der Waals surface area contributed by atoms with Gasteiger partial charge in [-0.15, -0.1) is 0 Å². The highest BCUT2D eigenvalue weighted by molar-refractivity contribution is 5.76. The minimum atomic E-state index is -1.78. The monoisotopic (exact) mass is 934 g/mol. The maximum Gasteiger partial charge on any atom is 0.220 e. The molecule has 386 valence electrons. The van der Waals surface area contributed by atoms with Crippen LogP contribution in [-0.2, 0) is 23.7 Å². The lowest BCUT2D eigenvalue weighted by molar-refractivity contribution is -0.359. The summed E-state index contributed by atoms with van der Waals surface area (Å²) in [6.45, 7) is 2.86. The van der Waals surface area contributed by atoms with Gasteiger partial charge < -0.3 is 65.1 Å². The molecular weight excluding hydrogens is 835 g/mol. The Morgan fingerprint density at radius 1 is 0.492 bits per heavy atom. The fourth-order valence-corrected chi connectivity index (χ4v) is 9.18. The van der Waals surface area contributed by atoms with Crippen LogP contribution in [0.25, 0.3) is 0 Å². The topological polar surface area (TPSA) is 228 Å². The molecule has 0 bridgehead atoms. The van der Waals surface area contributed by atoms with Crippen LogP contribution in [0.3, 0.4) is 0 Å². The van der Waals surface area contributed by atoms with E-state index in [1.165, 1.54) is 148 Å². The lowest BCUT2D eigenvalue weighted by atomic mass is 9.97. The van der Waals surface area contributed by atoms with E-state index in [1.54, 1.807) is 0 Å². The molecule has 0 aliphatic carbocycles. The van der Waals surface area contributed by atoms with Crippen molar-refractivity contribution < 1.29 is 64.6 Å². The van der Waals surface area contributed by atoms with Crippen LogP contribution >= 0.6 is 0 Å². The number of hydrogen-bond acceptors (Lipinski definition) is 13. The highest BCUT2D eigenvalue weighted by Gasteiger charge is 2.51. The van der Waals surface area contributed by atoms with Gasteiger partial charge in [0.05, 0.1) is 32.0 Å². The third-order valence-electron chi connectivity index (χ3n) is 13.6. The van der Waals surface area contributed by atoms with Crippen LogP contribution in [-0.4, -0.2) is 140 Å². The average molecular weight is 934 g/mol. The second-order valence-electron chi connectivity index (χ2n) is 19.4. The van der Waals surface area contributed by atoms with E-state index in [9.17, 15) is 45.6 Å². The standard InChI is InChI=1S/C51H99NO13/c1-3-5-7-9-11-13-15-16-17-18-19-20-21-22-23-25-27-29-31-33-35-43(56)52-39(40(55)34-32-30-28-26-24-14-12-10-8-6-4-2)38-62-50-48(61)46(59)49(42(37-54)64-50)65-51-47(60)45(58)44(57)41(36-53)63-51/h39-42,44-51,53-55,57-61H,3-38H2,1-2H3,(H,52,56). The first-order chi connectivity index (χ1) is 31.6. The molecule has 2 rings (SSSR count). The van der Waals surface area contributed by atoms with E-state index in [0.29, 0.717) is 12.8 Å². The van der Waals surface area contributed by atoms with E-state index in [0.717, 1.165) is 51.4 Å². The SMILES string of the molecule is CCCCCCCCCCCCCCCCCCCCCCC(=O)NC(COC1OC(CO)C(OC2OC(CO)C(O)C(O)C2O)C(O)C1O)C(O)CCCCCCCCCCCCC. The number of unbranched alkanes of at least 4 members (excludes halogenated alkanes) is 29. The molecular formula is C51H99NO13. The van der Waals surface area contributed by atoms with Gasteiger partial charge in [0.1, 0.15) is 48.8 Å². The number of amides is 1. The van der Waals surface area contributed by atoms with Crippen molar-refractivity contribution in [1.29, 1.82) is 0 Å². The Morgan fingerprint density at radius 3 is 1.31 bits per heavy atom.